The Hall–Kier alpha value is -1.06. The molecule has 4 heteroatoms. The molecule has 0 aliphatic carbocycles. The minimum absolute atomic E-state index is 0.120. The van der Waals surface area contributed by atoms with Gasteiger partial charge in [-0.25, -0.2) is 0 Å². The summed E-state index contributed by atoms with van der Waals surface area (Å²) >= 11 is 0. The van der Waals surface area contributed by atoms with Crippen LogP contribution < -0.4 is 0 Å². The molecule has 1 amide bonds. The van der Waals surface area contributed by atoms with Gasteiger partial charge in [0.25, 0.3) is 0 Å². The fourth-order valence-electron chi connectivity index (χ4n) is 2.84. The van der Waals surface area contributed by atoms with Gasteiger partial charge in [-0.2, -0.15) is 0 Å². The first-order valence-electron chi connectivity index (χ1n) is 6.99. The van der Waals surface area contributed by atoms with Gasteiger partial charge in [0.1, 0.15) is 0 Å². The quantitative estimate of drug-likeness (QED) is 0.821. The van der Waals surface area contributed by atoms with Gasteiger partial charge < -0.3 is 10.0 Å². The van der Waals surface area contributed by atoms with Gasteiger partial charge in [0.15, 0.2) is 0 Å². The van der Waals surface area contributed by atoms with Crippen LogP contribution in [0.3, 0.4) is 0 Å². The van der Waals surface area contributed by atoms with E-state index in [1.165, 1.54) is 0 Å². The van der Waals surface area contributed by atoms with Gasteiger partial charge in [-0.1, -0.05) is 26.7 Å². The maximum Gasteiger partial charge on any atom is 0.308 e. The monoisotopic (exact) mass is 255 g/mol. The summed E-state index contributed by atoms with van der Waals surface area (Å²) in [6.45, 7) is 6.78. The third-order valence-electron chi connectivity index (χ3n) is 3.93. The molecule has 0 aromatic carbocycles. The van der Waals surface area contributed by atoms with E-state index in [0.29, 0.717) is 25.3 Å². The van der Waals surface area contributed by atoms with Crippen LogP contribution in [0.25, 0.3) is 0 Å². The fraction of sp³-hybridized carbons (Fsp3) is 0.857. The zero-order valence-electron chi connectivity index (χ0n) is 11.7. The minimum atomic E-state index is -0.776. The summed E-state index contributed by atoms with van der Waals surface area (Å²) in [6, 6.07) is -0.169. The van der Waals surface area contributed by atoms with Crippen molar-refractivity contribution in [3.05, 3.63) is 0 Å². The Morgan fingerprint density at radius 3 is 2.67 bits per heavy atom. The van der Waals surface area contributed by atoms with Crippen LogP contribution in [0.2, 0.25) is 0 Å². The predicted molar refractivity (Wildman–Crippen MR) is 70.2 cm³/mol. The third-order valence-corrected chi connectivity index (χ3v) is 3.93. The molecular formula is C14H25NO3. The largest absolute Gasteiger partial charge is 0.481 e. The smallest absolute Gasteiger partial charge is 0.308 e. The zero-order valence-corrected chi connectivity index (χ0v) is 11.7. The number of hydrogen-bond donors (Lipinski definition) is 1. The Bertz CT molecular complexity index is 303. The molecule has 0 aromatic rings. The fourth-order valence-corrected chi connectivity index (χ4v) is 2.84. The second kappa shape index (κ2) is 6.76. The van der Waals surface area contributed by atoms with E-state index in [9.17, 15) is 9.59 Å². The van der Waals surface area contributed by atoms with Gasteiger partial charge >= 0.3 is 5.97 Å². The Morgan fingerprint density at radius 1 is 1.44 bits per heavy atom. The van der Waals surface area contributed by atoms with E-state index < -0.39 is 11.9 Å². The normalized spacial score (nSPS) is 25.8. The molecule has 1 unspecified atom stereocenters. The molecule has 0 saturated carbocycles. The summed E-state index contributed by atoms with van der Waals surface area (Å²) < 4.78 is 0. The van der Waals surface area contributed by atoms with E-state index >= 15 is 0 Å². The summed E-state index contributed by atoms with van der Waals surface area (Å²) in [7, 11) is 0. The molecule has 1 saturated heterocycles. The SMILES string of the molecule is CCCC(C)CC(=O)N1CCC[C@H](C(=O)O)[C@@H]1C. The lowest BCUT2D eigenvalue weighted by atomic mass is 9.89. The number of piperidine rings is 1. The molecule has 1 rings (SSSR count). The molecule has 1 N–H and O–H groups in total. The first-order chi connectivity index (χ1) is 8.47. The van der Waals surface area contributed by atoms with Crippen LogP contribution in [-0.4, -0.2) is 34.5 Å². The van der Waals surface area contributed by atoms with Crippen molar-refractivity contribution in [3.63, 3.8) is 0 Å². The van der Waals surface area contributed by atoms with Crippen molar-refractivity contribution < 1.29 is 14.7 Å². The number of amides is 1. The zero-order chi connectivity index (χ0) is 13.7. The molecule has 1 aliphatic rings. The number of carbonyl (C=O) groups excluding carboxylic acids is 1. The second-order valence-electron chi connectivity index (χ2n) is 5.51. The number of aliphatic carboxylic acids is 1. The van der Waals surface area contributed by atoms with E-state index in [4.69, 9.17) is 5.11 Å². The van der Waals surface area contributed by atoms with Crippen molar-refractivity contribution in [1.29, 1.82) is 0 Å². The summed E-state index contributed by atoms with van der Waals surface area (Å²) in [4.78, 5) is 25.1. The number of carboxylic acid groups (broad SMARTS) is 1. The van der Waals surface area contributed by atoms with E-state index in [0.717, 1.165) is 19.3 Å². The van der Waals surface area contributed by atoms with E-state index in [1.807, 2.05) is 6.92 Å². The lowest BCUT2D eigenvalue weighted by molar-refractivity contribution is -0.149. The van der Waals surface area contributed by atoms with Gasteiger partial charge in [-0.15, -0.1) is 0 Å². The number of carbonyl (C=O) groups is 2. The molecule has 0 bridgehead atoms. The van der Waals surface area contributed by atoms with Crippen molar-refractivity contribution in [2.75, 3.05) is 6.54 Å². The highest BCUT2D eigenvalue weighted by atomic mass is 16.4. The van der Waals surface area contributed by atoms with Crippen molar-refractivity contribution in [2.45, 2.75) is 58.9 Å². The molecule has 1 fully saturated rings. The van der Waals surface area contributed by atoms with Crippen molar-refractivity contribution in [3.8, 4) is 0 Å². The molecule has 0 aromatic heterocycles. The summed E-state index contributed by atoms with van der Waals surface area (Å²) in [5, 5.41) is 9.14. The molecule has 1 aliphatic heterocycles. The highest BCUT2D eigenvalue weighted by molar-refractivity contribution is 5.78. The molecule has 4 nitrogen and oxygen atoms in total. The van der Waals surface area contributed by atoms with Crippen LogP contribution in [0.1, 0.15) is 52.9 Å². The predicted octanol–water partition coefficient (Wildman–Crippen LogP) is 2.52. The van der Waals surface area contributed by atoms with Crippen LogP contribution in [-0.2, 0) is 9.59 Å². The minimum Gasteiger partial charge on any atom is -0.481 e. The lowest BCUT2D eigenvalue weighted by Gasteiger charge is -2.38. The van der Waals surface area contributed by atoms with Gasteiger partial charge in [0, 0.05) is 19.0 Å². The number of carboxylic acids is 1. The average Bonchev–Trinajstić information content (AvgIpc) is 2.28. The van der Waals surface area contributed by atoms with Crippen molar-refractivity contribution >= 4 is 11.9 Å². The first kappa shape index (κ1) is 15.0. The summed E-state index contributed by atoms with van der Waals surface area (Å²) in [5.41, 5.74) is 0. The van der Waals surface area contributed by atoms with Gasteiger partial charge in [-0.05, 0) is 25.7 Å². The van der Waals surface area contributed by atoms with Crippen molar-refractivity contribution in [2.24, 2.45) is 11.8 Å². The van der Waals surface area contributed by atoms with Gasteiger partial charge in [-0.3, -0.25) is 9.59 Å². The second-order valence-corrected chi connectivity index (χ2v) is 5.51. The van der Waals surface area contributed by atoms with E-state index in [-0.39, 0.29) is 11.9 Å². The Balaban J connectivity index is 2.59. The Kier molecular flexibility index (Phi) is 5.63. The highest BCUT2D eigenvalue weighted by Crippen LogP contribution is 2.25. The number of rotatable bonds is 5. The van der Waals surface area contributed by atoms with Crippen molar-refractivity contribution in [1.82, 2.24) is 4.90 Å². The lowest BCUT2D eigenvalue weighted by Crippen LogP contribution is -2.49. The Labute approximate surface area is 109 Å². The molecular weight excluding hydrogens is 230 g/mol. The number of likely N-dealkylation sites (tertiary alicyclic amines) is 1. The van der Waals surface area contributed by atoms with E-state index in [2.05, 4.69) is 13.8 Å². The van der Waals surface area contributed by atoms with E-state index in [1.54, 1.807) is 4.90 Å². The van der Waals surface area contributed by atoms with Crippen LogP contribution in [0, 0.1) is 11.8 Å². The van der Waals surface area contributed by atoms with Crippen LogP contribution in [0.4, 0.5) is 0 Å². The molecule has 1 heterocycles. The average molecular weight is 255 g/mol. The van der Waals surface area contributed by atoms with Gasteiger partial charge in [0.2, 0.25) is 5.91 Å². The standard InChI is InChI=1S/C14H25NO3/c1-4-6-10(2)9-13(16)15-8-5-7-12(11(15)3)14(17)18/h10-12H,4-9H2,1-3H3,(H,17,18)/t10?,11-,12-/m0/s1. The van der Waals surface area contributed by atoms with Crippen LogP contribution >= 0.6 is 0 Å². The topological polar surface area (TPSA) is 57.6 Å². The summed E-state index contributed by atoms with van der Waals surface area (Å²) in [5.74, 6) is -0.667. The molecule has 18 heavy (non-hydrogen) atoms. The molecule has 0 radical (unpaired) electrons. The van der Waals surface area contributed by atoms with Crippen LogP contribution in [0.15, 0.2) is 0 Å². The van der Waals surface area contributed by atoms with Crippen LogP contribution in [0.5, 0.6) is 0 Å². The summed E-state index contributed by atoms with van der Waals surface area (Å²) in [6.07, 6.45) is 4.17. The maximum atomic E-state index is 12.2. The number of nitrogens with zero attached hydrogens (tertiary/aromatic N) is 1. The number of hydrogen-bond acceptors (Lipinski definition) is 2. The third kappa shape index (κ3) is 3.72. The molecule has 104 valence electrons. The first-order valence-corrected chi connectivity index (χ1v) is 6.99. The highest BCUT2D eigenvalue weighted by Gasteiger charge is 2.35. The Morgan fingerprint density at radius 2 is 2.11 bits per heavy atom. The maximum absolute atomic E-state index is 12.2. The molecule has 0 spiro atoms. The van der Waals surface area contributed by atoms with Gasteiger partial charge in [0.05, 0.1) is 5.92 Å². The molecule has 3 atom stereocenters.